The van der Waals surface area contributed by atoms with E-state index in [9.17, 15) is 14.0 Å². The zero-order valence-corrected chi connectivity index (χ0v) is 20.4. The van der Waals surface area contributed by atoms with E-state index < -0.39 is 6.04 Å². The lowest BCUT2D eigenvalue weighted by molar-refractivity contribution is -0.140. The van der Waals surface area contributed by atoms with Crippen molar-refractivity contribution in [2.24, 2.45) is 0 Å². The van der Waals surface area contributed by atoms with Crippen LogP contribution in [-0.2, 0) is 28.0 Å². The maximum atomic E-state index is 13.4. The second kappa shape index (κ2) is 11.0. The minimum Gasteiger partial charge on any atom is -0.352 e. The molecular formula is C28H37FN2O2. The fourth-order valence-corrected chi connectivity index (χ4v) is 4.33. The molecule has 0 radical (unpaired) electrons. The standard InChI is InChI=1S/C28H37FN2O2/c1-20(27(33)30-25-7-5-6-8-25)31(19-22-11-16-24(29)17-12-22)26(32)18-13-21-9-14-23(15-10-21)28(2,3)4/h9-12,14-17,20,25H,5-8,13,18-19H2,1-4H3,(H,30,33)/t20-/m0/s1. The van der Waals surface area contributed by atoms with E-state index in [1.54, 1.807) is 24.0 Å². The Morgan fingerprint density at radius 3 is 2.15 bits per heavy atom. The van der Waals surface area contributed by atoms with Gasteiger partial charge in [-0.2, -0.15) is 0 Å². The highest BCUT2D eigenvalue weighted by Gasteiger charge is 2.28. The van der Waals surface area contributed by atoms with Crippen LogP contribution in [0.15, 0.2) is 48.5 Å². The number of benzene rings is 2. The summed E-state index contributed by atoms with van der Waals surface area (Å²) in [5.74, 6) is -0.512. The summed E-state index contributed by atoms with van der Waals surface area (Å²) in [5.41, 5.74) is 3.25. The van der Waals surface area contributed by atoms with Gasteiger partial charge in [0.2, 0.25) is 11.8 Å². The summed E-state index contributed by atoms with van der Waals surface area (Å²) in [6, 6.07) is 14.1. The summed E-state index contributed by atoms with van der Waals surface area (Å²) in [6.45, 7) is 8.59. The summed E-state index contributed by atoms with van der Waals surface area (Å²) in [5, 5.41) is 3.11. The van der Waals surface area contributed by atoms with E-state index in [1.165, 1.54) is 17.7 Å². The molecule has 1 saturated carbocycles. The van der Waals surface area contributed by atoms with Gasteiger partial charge in [-0.05, 0) is 60.4 Å². The van der Waals surface area contributed by atoms with Gasteiger partial charge in [0.05, 0.1) is 0 Å². The van der Waals surface area contributed by atoms with Crippen LogP contribution < -0.4 is 5.32 Å². The molecule has 1 fully saturated rings. The first-order chi connectivity index (χ1) is 15.6. The Morgan fingerprint density at radius 2 is 1.58 bits per heavy atom. The van der Waals surface area contributed by atoms with E-state index in [0.29, 0.717) is 12.8 Å². The van der Waals surface area contributed by atoms with Crippen LogP contribution in [0.5, 0.6) is 0 Å². The smallest absolute Gasteiger partial charge is 0.242 e. The van der Waals surface area contributed by atoms with Gasteiger partial charge >= 0.3 is 0 Å². The Morgan fingerprint density at radius 1 is 1.00 bits per heavy atom. The molecule has 5 heteroatoms. The van der Waals surface area contributed by atoms with Crippen molar-refractivity contribution in [2.45, 2.75) is 90.3 Å². The Bertz CT molecular complexity index is 926. The molecule has 1 aliphatic rings. The molecule has 1 atom stereocenters. The summed E-state index contributed by atoms with van der Waals surface area (Å²) in [4.78, 5) is 27.8. The van der Waals surface area contributed by atoms with Crippen LogP contribution in [-0.4, -0.2) is 28.8 Å². The topological polar surface area (TPSA) is 49.4 Å². The van der Waals surface area contributed by atoms with Gasteiger partial charge in [0.15, 0.2) is 0 Å². The average molecular weight is 453 g/mol. The van der Waals surface area contributed by atoms with Crippen molar-refractivity contribution in [3.63, 3.8) is 0 Å². The zero-order chi connectivity index (χ0) is 24.0. The highest BCUT2D eigenvalue weighted by Crippen LogP contribution is 2.23. The van der Waals surface area contributed by atoms with Crippen LogP contribution in [0.25, 0.3) is 0 Å². The molecule has 2 aromatic carbocycles. The number of nitrogens with one attached hydrogen (secondary N) is 1. The molecule has 3 rings (SSSR count). The fraction of sp³-hybridized carbons (Fsp3) is 0.500. The first kappa shape index (κ1) is 24.9. The molecule has 0 heterocycles. The van der Waals surface area contributed by atoms with Crippen molar-refractivity contribution in [3.8, 4) is 0 Å². The number of aryl methyl sites for hydroxylation is 1. The molecule has 0 aromatic heterocycles. The number of carbonyl (C=O) groups is 2. The predicted octanol–water partition coefficient (Wildman–Crippen LogP) is 5.53. The summed E-state index contributed by atoms with van der Waals surface area (Å²) >= 11 is 0. The second-order valence-electron chi connectivity index (χ2n) is 10.3. The van der Waals surface area contributed by atoms with E-state index in [1.807, 2.05) is 0 Å². The molecule has 1 aliphatic carbocycles. The quantitative estimate of drug-likeness (QED) is 0.572. The Balaban J connectivity index is 1.69. The monoisotopic (exact) mass is 452 g/mol. The van der Waals surface area contributed by atoms with Gasteiger partial charge in [-0.25, -0.2) is 4.39 Å². The minimum atomic E-state index is -0.591. The lowest BCUT2D eigenvalue weighted by atomic mass is 9.86. The molecule has 0 saturated heterocycles. The Kier molecular flexibility index (Phi) is 8.28. The molecular weight excluding hydrogens is 415 g/mol. The van der Waals surface area contributed by atoms with E-state index >= 15 is 0 Å². The number of carbonyl (C=O) groups excluding carboxylic acids is 2. The van der Waals surface area contributed by atoms with Crippen LogP contribution in [0.3, 0.4) is 0 Å². The largest absolute Gasteiger partial charge is 0.352 e. The number of nitrogens with zero attached hydrogens (tertiary/aromatic N) is 1. The van der Waals surface area contributed by atoms with Crippen molar-refractivity contribution in [1.29, 1.82) is 0 Å². The lowest BCUT2D eigenvalue weighted by Gasteiger charge is -2.30. The number of amides is 2. The highest BCUT2D eigenvalue weighted by molar-refractivity contribution is 5.87. The third-order valence-electron chi connectivity index (χ3n) is 6.58. The van der Waals surface area contributed by atoms with Gasteiger partial charge in [-0.3, -0.25) is 9.59 Å². The molecule has 0 unspecified atom stereocenters. The van der Waals surface area contributed by atoms with Crippen LogP contribution in [0, 0.1) is 5.82 Å². The average Bonchev–Trinajstić information content (AvgIpc) is 3.29. The van der Waals surface area contributed by atoms with E-state index in [4.69, 9.17) is 0 Å². The van der Waals surface area contributed by atoms with Gasteiger partial charge in [0.1, 0.15) is 11.9 Å². The predicted molar refractivity (Wildman–Crippen MR) is 130 cm³/mol. The molecule has 33 heavy (non-hydrogen) atoms. The van der Waals surface area contributed by atoms with Crippen molar-refractivity contribution < 1.29 is 14.0 Å². The summed E-state index contributed by atoms with van der Waals surface area (Å²) in [6.07, 6.45) is 5.18. The molecule has 0 bridgehead atoms. The molecule has 0 spiro atoms. The van der Waals surface area contributed by atoms with E-state index in [-0.39, 0.29) is 35.6 Å². The molecule has 2 amide bonds. The lowest BCUT2D eigenvalue weighted by Crippen LogP contribution is -2.49. The zero-order valence-electron chi connectivity index (χ0n) is 20.4. The third kappa shape index (κ3) is 7.15. The van der Waals surface area contributed by atoms with Crippen molar-refractivity contribution >= 4 is 11.8 Å². The highest BCUT2D eigenvalue weighted by atomic mass is 19.1. The normalized spacial score (nSPS) is 15.3. The Labute approximate surface area is 197 Å². The van der Waals surface area contributed by atoms with E-state index in [2.05, 4.69) is 50.4 Å². The molecule has 1 N–H and O–H groups in total. The maximum absolute atomic E-state index is 13.4. The molecule has 0 aliphatic heterocycles. The molecule has 2 aromatic rings. The fourth-order valence-electron chi connectivity index (χ4n) is 4.33. The third-order valence-corrected chi connectivity index (χ3v) is 6.58. The first-order valence-electron chi connectivity index (χ1n) is 12.1. The Hall–Kier alpha value is -2.69. The summed E-state index contributed by atoms with van der Waals surface area (Å²) in [7, 11) is 0. The van der Waals surface area contributed by atoms with Crippen LogP contribution in [0.1, 0.15) is 76.5 Å². The minimum absolute atomic E-state index is 0.0757. The van der Waals surface area contributed by atoms with Gasteiger partial charge in [0, 0.05) is 19.0 Å². The van der Waals surface area contributed by atoms with E-state index in [0.717, 1.165) is 36.8 Å². The van der Waals surface area contributed by atoms with Crippen molar-refractivity contribution in [1.82, 2.24) is 10.2 Å². The first-order valence-corrected chi connectivity index (χ1v) is 12.1. The van der Waals surface area contributed by atoms with Crippen molar-refractivity contribution in [3.05, 3.63) is 71.0 Å². The molecule has 178 valence electrons. The SMILES string of the molecule is C[C@@H](C(=O)NC1CCCC1)N(Cc1ccc(F)cc1)C(=O)CCc1ccc(C(C)(C)C)cc1. The van der Waals surface area contributed by atoms with Gasteiger partial charge in [-0.15, -0.1) is 0 Å². The summed E-state index contributed by atoms with van der Waals surface area (Å²) < 4.78 is 13.4. The molecule has 4 nitrogen and oxygen atoms in total. The van der Waals surface area contributed by atoms with Gasteiger partial charge in [0.25, 0.3) is 0 Å². The number of halogens is 1. The number of hydrogen-bond acceptors (Lipinski definition) is 2. The maximum Gasteiger partial charge on any atom is 0.242 e. The van der Waals surface area contributed by atoms with Gasteiger partial charge < -0.3 is 10.2 Å². The van der Waals surface area contributed by atoms with Gasteiger partial charge in [-0.1, -0.05) is 70.0 Å². The number of rotatable bonds is 8. The second-order valence-corrected chi connectivity index (χ2v) is 10.3. The van der Waals surface area contributed by atoms with Crippen molar-refractivity contribution in [2.75, 3.05) is 0 Å². The number of hydrogen-bond donors (Lipinski definition) is 1. The van der Waals surface area contributed by atoms with Crippen LogP contribution >= 0.6 is 0 Å². The van der Waals surface area contributed by atoms with Crippen LogP contribution in [0.2, 0.25) is 0 Å². The van der Waals surface area contributed by atoms with Crippen LogP contribution in [0.4, 0.5) is 4.39 Å².